The average Bonchev–Trinajstić information content (AvgIpc) is 2.31. The van der Waals surface area contributed by atoms with Crippen LogP contribution in [0, 0.1) is 0 Å². The zero-order valence-corrected chi connectivity index (χ0v) is 9.54. The highest BCUT2D eigenvalue weighted by Gasteiger charge is 2.09. The van der Waals surface area contributed by atoms with E-state index in [0.717, 1.165) is 13.1 Å². The largest absolute Gasteiger partial charge is 0.394 e. The molecule has 2 nitrogen and oxygen atoms in total. The molecule has 1 aromatic heterocycles. The number of rotatable bonds is 2. The fourth-order valence-corrected chi connectivity index (χ4v) is 2.72. The van der Waals surface area contributed by atoms with E-state index >= 15 is 0 Å². The van der Waals surface area contributed by atoms with Crippen molar-refractivity contribution in [1.29, 1.82) is 0 Å². The Morgan fingerprint density at radius 2 is 2.27 bits per heavy atom. The van der Waals surface area contributed by atoms with Crippen LogP contribution in [0.4, 0.5) is 0 Å². The first-order chi connectivity index (χ1) is 5.15. The Morgan fingerprint density at radius 3 is 2.64 bits per heavy atom. The quantitative estimate of drug-likeness (QED) is 0.880. The summed E-state index contributed by atoms with van der Waals surface area (Å²) in [6, 6.07) is 1.65. The van der Waals surface area contributed by atoms with Gasteiger partial charge < -0.3 is 10.8 Å². The molecule has 0 bridgehead atoms. The molecule has 0 amide bonds. The highest BCUT2D eigenvalue weighted by atomic mass is 79.9. The topological polar surface area (TPSA) is 46.2 Å². The van der Waals surface area contributed by atoms with Gasteiger partial charge in [-0.2, -0.15) is 0 Å². The lowest BCUT2D eigenvalue weighted by Gasteiger charge is -2.02. The van der Waals surface area contributed by atoms with Crippen LogP contribution in [0.1, 0.15) is 10.9 Å². The molecule has 5 heteroatoms. The summed E-state index contributed by atoms with van der Waals surface area (Å²) in [6.07, 6.45) is 0. The SMILES string of the molecule is N[C@@H](CO)c1cc(Br)c(Br)s1. The molecule has 0 unspecified atom stereocenters. The van der Waals surface area contributed by atoms with Crippen molar-refractivity contribution in [3.05, 3.63) is 19.2 Å². The second-order valence-electron chi connectivity index (χ2n) is 2.06. The molecule has 0 spiro atoms. The van der Waals surface area contributed by atoms with Crippen LogP contribution in [-0.4, -0.2) is 11.7 Å². The van der Waals surface area contributed by atoms with E-state index in [1.54, 1.807) is 0 Å². The molecule has 11 heavy (non-hydrogen) atoms. The summed E-state index contributed by atoms with van der Waals surface area (Å²) >= 11 is 8.22. The molecule has 3 N–H and O–H groups in total. The lowest BCUT2D eigenvalue weighted by Crippen LogP contribution is -2.12. The minimum absolute atomic E-state index is 0.0145. The second kappa shape index (κ2) is 4.00. The van der Waals surface area contributed by atoms with Crippen molar-refractivity contribution in [2.45, 2.75) is 6.04 Å². The van der Waals surface area contributed by atoms with Crippen molar-refractivity contribution in [2.75, 3.05) is 6.61 Å². The summed E-state index contributed by atoms with van der Waals surface area (Å²) in [5, 5.41) is 8.74. The first-order valence-electron chi connectivity index (χ1n) is 2.96. The number of aliphatic hydroxyl groups is 1. The summed E-state index contributed by atoms with van der Waals surface area (Å²) < 4.78 is 2.00. The Kier molecular flexibility index (Phi) is 3.52. The molecule has 0 fully saturated rings. The number of hydrogen-bond donors (Lipinski definition) is 2. The van der Waals surface area contributed by atoms with Crippen LogP contribution in [0.2, 0.25) is 0 Å². The Morgan fingerprint density at radius 1 is 1.64 bits per heavy atom. The van der Waals surface area contributed by atoms with Gasteiger partial charge in [0.15, 0.2) is 0 Å². The Balaban J connectivity index is 2.88. The van der Waals surface area contributed by atoms with Gasteiger partial charge >= 0.3 is 0 Å². The zero-order valence-electron chi connectivity index (χ0n) is 5.55. The fourth-order valence-electron chi connectivity index (χ4n) is 0.636. The smallest absolute Gasteiger partial charge is 0.0843 e. The van der Waals surface area contributed by atoms with E-state index in [2.05, 4.69) is 31.9 Å². The van der Waals surface area contributed by atoms with Crippen LogP contribution in [0.25, 0.3) is 0 Å². The molecule has 1 rings (SSSR count). The molecule has 0 saturated heterocycles. The van der Waals surface area contributed by atoms with Gasteiger partial charge in [0, 0.05) is 9.35 Å². The molecule has 1 aromatic rings. The van der Waals surface area contributed by atoms with Crippen molar-refractivity contribution in [3.63, 3.8) is 0 Å². The number of aliphatic hydroxyl groups excluding tert-OH is 1. The minimum atomic E-state index is -0.261. The lowest BCUT2D eigenvalue weighted by molar-refractivity contribution is 0.269. The van der Waals surface area contributed by atoms with Crippen LogP contribution < -0.4 is 5.73 Å². The predicted molar refractivity (Wildman–Crippen MR) is 53.7 cm³/mol. The van der Waals surface area contributed by atoms with Gasteiger partial charge in [-0.3, -0.25) is 0 Å². The van der Waals surface area contributed by atoms with Gasteiger partial charge in [0.2, 0.25) is 0 Å². The normalized spacial score (nSPS) is 13.5. The first kappa shape index (κ1) is 9.67. The van der Waals surface area contributed by atoms with E-state index in [1.165, 1.54) is 11.3 Å². The Labute approximate surface area is 85.7 Å². The van der Waals surface area contributed by atoms with Gasteiger partial charge in [-0.15, -0.1) is 11.3 Å². The van der Waals surface area contributed by atoms with E-state index in [9.17, 15) is 0 Å². The monoisotopic (exact) mass is 299 g/mol. The molecule has 62 valence electrons. The zero-order chi connectivity index (χ0) is 8.43. The van der Waals surface area contributed by atoms with Crippen LogP contribution in [-0.2, 0) is 0 Å². The van der Waals surface area contributed by atoms with Gasteiger partial charge in [-0.1, -0.05) is 0 Å². The molecule has 0 saturated carbocycles. The molecule has 1 heterocycles. The number of hydrogen-bond acceptors (Lipinski definition) is 3. The molecular formula is C6H7Br2NOS. The van der Waals surface area contributed by atoms with Crippen molar-refractivity contribution >= 4 is 43.2 Å². The number of nitrogens with two attached hydrogens (primary N) is 1. The van der Waals surface area contributed by atoms with Crippen molar-refractivity contribution < 1.29 is 5.11 Å². The summed E-state index contributed by atoms with van der Waals surface area (Å²) in [6.45, 7) is -0.0145. The number of halogens is 2. The molecule has 0 radical (unpaired) electrons. The average molecular weight is 301 g/mol. The highest BCUT2D eigenvalue weighted by molar-refractivity contribution is 9.13. The van der Waals surface area contributed by atoms with E-state index in [-0.39, 0.29) is 12.6 Å². The van der Waals surface area contributed by atoms with E-state index < -0.39 is 0 Å². The van der Waals surface area contributed by atoms with Gasteiger partial charge in [0.25, 0.3) is 0 Å². The Hall–Kier alpha value is 0.580. The summed E-state index contributed by atoms with van der Waals surface area (Å²) in [4.78, 5) is 0.978. The maximum absolute atomic E-state index is 8.74. The molecule has 0 aromatic carbocycles. The molecule has 1 atom stereocenters. The number of thiophene rings is 1. The van der Waals surface area contributed by atoms with Gasteiger partial charge in [0.1, 0.15) is 0 Å². The molecule has 0 aliphatic carbocycles. The third kappa shape index (κ3) is 2.26. The summed E-state index contributed by atoms with van der Waals surface area (Å²) in [7, 11) is 0. The van der Waals surface area contributed by atoms with Crippen LogP contribution in [0.15, 0.2) is 14.3 Å². The maximum atomic E-state index is 8.74. The van der Waals surface area contributed by atoms with Gasteiger partial charge in [-0.05, 0) is 37.9 Å². The molecule has 0 aliphatic heterocycles. The van der Waals surface area contributed by atoms with Crippen molar-refractivity contribution in [2.24, 2.45) is 5.73 Å². The standard InChI is InChI=1S/C6H7Br2NOS/c7-3-1-5(4(9)2-10)11-6(3)8/h1,4,10H,2,9H2/t4-/m0/s1. The Bertz CT molecular complexity index is 231. The first-order valence-corrected chi connectivity index (χ1v) is 5.36. The van der Waals surface area contributed by atoms with Crippen LogP contribution >= 0.6 is 43.2 Å². The molecular weight excluding hydrogens is 294 g/mol. The van der Waals surface area contributed by atoms with E-state index in [1.807, 2.05) is 6.07 Å². The molecule has 0 aliphatic rings. The van der Waals surface area contributed by atoms with E-state index in [4.69, 9.17) is 10.8 Å². The third-order valence-corrected chi connectivity index (χ3v) is 4.61. The maximum Gasteiger partial charge on any atom is 0.0843 e. The van der Waals surface area contributed by atoms with Crippen molar-refractivity contribution in [1.82, 2.24) is 0 Å². The second-order valence-corrected chi connectivity index (χ2v) is 5.32. The van der Waals surface area contributed by atoms with Gasteiger partial charge in [-0.25, -0.2) is 0 Å². The lowest BCUT2D eigenvalue weighted by atomic mass is 10.3. The highest BCUT2D eigenvalue weighted by Crippen LogP contribution is 2.34. The summed E-state index contributed by atoms with van der Waals surface area (Å²) in [5.41, 5.74) is 5.60. The minimum Gasteiger partial charge on any atom is -0.394 e. The van der Waals surface area contributed by atoms with Crippen LogP contribution in [0.5, 0.6) is 0 Å². The fraction of sp³-hybridized carbons (Fsp3) is 0.333. The van der Waals surface area contributed by atoms with Crippen LogP contribution in [0.3, 0.4) is 0 Å². The third-order valence-electron chi connectivity index (χ3n) is 1.23. The van der Waals surface area contributed by atoms with Crippen molar-refractivity contribution in [3.8, 4) is 0 Å². The van der Waals surface area contributed by atoms with E-state index in [0.29, 0.717) is 0 Å². The summed E-state index contributed by atoms with van der Waals surface area (Å²) in [5.74, 6) is 0. The predicted octanol–water partition coefficient (Wildman–Crippen LogP) is 2.27. The van der Waals surface area contributed by atoms with Gasteiger partial charge in [0.05, 0.1) is 16.4 Å².